The molecule has 0 aromatic heterocycles. The van der Waals surface area contributed by atoms with Crippen molar-refractivity contribution in [1.82, 2.24) is 0 Å². The highest BCUT2D eigenvalue weighted by Crippen LogP contribution is 2.62. The highest BCUT2D eigenvalue weighted by molar-refractivity contribution is 5.03. The van der Waals surface area contributed by atoms with Crippen molar-refractivity contribution in [2.75, 3.05) is 0 Å². The van der Waals surface area contributed by atoms with Gasteiger partial charge in [0.2, 0.25) is 0 Å². The van der Waals surface area contributed by atoms with E-state index in [1.165, 1.54) is 12.8 Å². The largest absolute Gasteiger partial charge is 0.106 e. The van der Waals surface area contributed by atoms with Gasteiger partial charge in [0.25, 0.3) is 0 Å². The minimum Gasteiger partial charge on any atom is -0.106 e. The standard InChI is InChI=1S/C11H20.2C2H4/c1-7-5-9-6-10(8(7)2)11(9,3)4;2*1-2/h7-10H,5-6H2,1-4H3;2*1-2H2. The predicted molar refractivity (Wildman–Crippen MR) is 70.8 cm³/mol. The Kier molecular flexibility index (Phi) is 5.34. The molecule has 88 valence electrons. The van der Waals surface area contributed by atoms with Gasteiger partial charge in [0.15, 0.2) is 0 Å². The lowest BCUT2D eigenvalue weighted by atomic mass is 9.44. The van der Waals surface area contributed by atoms with Crippen molar-refractivity contribution in [3.63, 3.8) is 0 Å². The van der Waals surface area contributed by atoms with Gasteiger partial charge in [-0.2, -0.15) is 0 Å². The van der Waals surface area contributed by atoms with Gasteiger partial charge in [-0.3, -0.25) is 0 Å². The molecule has 0 nitrogen and oxygen atoms in total. The predicted octanol–water partition coefficient (Wildman–Crippen LogP) is 4.93. The van der Waals surface area contributed by atoms with Crippen LogP contribution >= 0.6 is 0 Å². The Morgan fingerprint density at radius 1 is 0.933 bits per heavy atom. The summed E-state index contributed by atoms with van der Waals surface area (Å²) >= 11 is 0. The van der Waals surface area contributed by atoms with Crippen LogP contribution in [0.4, 0.5) is 0 Å². The zero-order valence-electron chi connectivity index (χ0n) is 11.1. The lowest BCUT2D eigenvalue weighted by molar-refractivity contribution is -0.124. The average molecular weight is 208 g/mol. The van der Waals surface area contributed by atoms with Crippen molar-refractivity contribution < 1.29 is 0 Å². The third-order valence-corrected chi connectivity index (χ3v) is 4.73. The Bertz CT molecular complexity index is 190. The van der Waals surface area contributed by atoms with E-state index in [0.29, 0.717) is 5.41 Å². The summed E-state index contributed by atoms with van der Waals surface area (Å²) in [6.45, 7) is 21.8. The van der Waals surface area contributed by atoms with E-state index in [2.05, 4.69) is 54.0 Å². The van der Waals surface area contributed by atoms with Crippen LogP contribution in [0, 0.1) is 29.1 Å². The van der Waals surface area contributed by atoms with Crippen molar-refractivity contribution in [2.45, 2.75) is 40.5 Å². The van der Waals surface area contributed by atoms with Crippen molar-refractivity contribution in [2.24, 2.45) is 29.1 Å². The van der Waals surface area contributed by atoms with Crippen LogP contribution in [0.5, 0.6) is 0 Å². The van der Waals surface area contributed by atoms with Crippen LogP contribution in [0.3, 0.4) is 0 Å². The Morgan fingerprint density at radius 2 is 1.40 bits per heavy atom. The molecule has 0 heteroatoms. The molecule has 0 amide bonds. The molecule has 0 aliphatic heterocycles. The van der Waals surface area contributed by atoms with Crippen LogP contribution < -0.4 is 0 Å². The van der Waals surface area contributed by atoms with Gasteiger partial charge in [-0.15, -0.1) is 26.3 Å². The highest BCUT2D eigenvalue weighted by atomic mass is 14.6. The van der Waals surface area contributed by atoms with Gasteiger partial charge in [-0.05, 0) is 41.9 Å². The first-order valence-electron chi connectivity index (χ1n) is 6.03. The van der Waals surface area contributed by atoms with Crippen molar-refractivity contribution in [3.8, 4) is 0 Å². The molecular formula is C15H28. The van der Waals surface area contributed by atoms with Crippen LogP contribution in [-0.2, 0) is 0 Å². The SMILES string of the molecule is C=C.C=C.CC1CC2CC(C1C)C2(C)C. The maximum Gasteiger partial charge on any atom is -0.0295 e. The minimum absolute atomic E-state index is 0.686. The van der Waals surface area contributed by atoms with Gasteiger partial charge in [-0.1, -0.05) is 27.7 Å². The van der Waals surface area contributed by atoms with E-state index in [-0.39, 0.29) is 0 Å². The first-order chi connectivity index (χ1) is 7.03. The second-order valence-electron chi connectivity index (χ2n) is 5.43. The first kappa shape index (κ1) is 14.5. The summed E-state index contributed by atoms with van der Waals surface area (Å²) in [5, 5.41) is 0. The third-order valence-electron chi connectivity index (χ3n) is 4.73. The summed E-state index contributed by atoms with van der Waals surface area (Å²) in [5.41, 5.74) is 0.686. The Morgan fingerprint density at radius 3 is 1.67 bits per heavy atom. The molecule has 3 saturated carbocycles. The van der Waals surface area contributed by atoms with Crippen molar-refractivity contribution in [1.29, 1.82) is 0 Å². The maximum absolute atomic E-state index is 3.00. The molecule has 3 aliphatic rings. The van der Waals surface area contributed by atoms with Gasteiger partial charge in [-0.25, -0.2) is 0 Å². The molecule has 3 aliphatic carbocycles. The average Bonchev–Trinajstić information content (AvgIpc) is 2.27. The zero-order chi connectivity index (χ0) is 12.2. The van der Waals surface area contributed by atoms with Gasteiger partial charge >= 0.3 is 0 Å². The summed E-state index contributed by atoms with van der Waals surface area (Å²) in [7, 11) is 0. The molecule has 0 aromatic carbocycles. The normalized spacial score (nSPS) is 39.7. The summed E-state index contributed by atoms with van der Waals surface area (Å²) in [6, 6.07) is 0. The summed E-state index contributed by atoms with van der Waals surface area (Å²) < 4.78 is 0. The summed E-state index contributed by atoms with van der Waals surface area (Å²) in [6.07, 6.45) is 3.02. The molecule has 3 rings (SSSR count). The van der Waals surface area contributed by atoms with Crippen molar-refractivity contribution in [3.05, 3.63) is 26.3 Å². The molecule has 0 radical (unpaired) electrons. The van der Waals surface area contributed by atoms with Crippen LogP contribution in [0.1, 0.15) is 40.5 Å². The van der Waals surface area contributed by atoms with Gasteiger partial charge in [0, 0.05) is 0 Å². The van der Waals surface area contributed by atoms with Crippen LogP contribution in [0.2, 0.25) is 0 Å². The number of fused-ring (bicyclic) bond motifs is 2. The van der Waals surface area contributed by atoms with E-state index in [1.807, 2.05) is 0 Å². The van der Waals surface area contributed by atoms with Gasteiger partial charge < -0.3 is 0 Å². The first-order valence-corrected chi connectivity index (χ1v) is 6.03. The second-order valence-corrected chi connectivity index (χ2v) is 5.43. The Balaban J connectivity index is 0.000000442. The summed E-state index contributed by atoms with van der Waals surface area (Å²) in [4.78, 5) is 0. The molecule has 4 atom stereocenters. The number of hydrogen-bond donors (Lipinski definition) is 0. The van der Waals surface area contributed by atoms with Crippen molar-refractivity contribution >= 4 is 0 Å². The maximum atomic E-state index is 3.00. The molecule has 15 heavy (non-hydrogen) atoms. The Labute approximate surface area is 96.5 Å². The molecule has 2 bridgehead atoms. The molecular weight excluding hydrogens is 180 g/mol. The highest BCUT2D eigenvalue weighted by Gasteiger charge is 2.54. The molecule has 3 fully saturated rings. The fraction of sp³-hybridized carbons (Fsp3) is 0.733. The molecule has 0 saturated heterocycles. The van der Waals surface area contributed by atoms with E-state index in [9.17, 15) is 0 Å². The van der Waals surface area contributed by atoms with E-state index in [4.69, 9.17) is 0 Å². The minimum atomic E-state index is 0.686. The van der Waals surface area contributed by atoms with E-state index in [1.54, 1.807) is 0 Å². The lowest BCUT2D eigenvalue weighted by Gasteiger charge is -2.61. The summed E-state index contributed by atoms with van der Waals surface area (Å²) in [5.74, 6) is 4.07. The van der Waals surface area contributed by atoms with Crippen LogP contribution in [0.25, 0.3) is 0 Å². The molecule has 4 unspecified atom stereocenters. The fourth-order valence-electron chi connectivity index (χ4n) is 3.41. The van der Waals surface area contributed by atoms with Crippen LogP contribution in [-0.4, -0.2) is 0 Å². The fourth-order valence-corrected chi connectivity index (χ4v) is 3.41. The molecule has 0 N–H and O–H groups in total. The van der Waals surface area contributed by atoms with Gasteiger partial charge in [0.1, 0.15) is 0 Å². The van der Waals surface area contributed by atoms with Gasteiger partial charge in [0.05, 0.1) is 0 Å². The Hall–Kier alpha value is -0.520. The van der Waals surface area contributed by atoms with E-state index >= 15 is 0 Å². The van der Waals surface area contributed by atoms with Crippen LogP contribution in [0.15, 0.2) is 26.3 Å². The molecule has 0 spiro atoms. The molecule has 0 heterocycles. The molecule has 0 aromatic rings. The smallest absolute Gasteiger partial charge is 0.0295 e. The monoisotopic (exact) mass is 208 g/mol. The van der Waals surface area contributed by atoms with E-state index in [0.717, 1.165) is 23.7 Å². The third kappa shape index (κ3) is 2.35. The lowest BCUT2D eigenvalue weighted by Crippen LogP contribution is -2.54. The van der Waals surface area contributed by atoms with E-state index < -0.39 is 0 Å². The zero-order valence-corrected chi connectivity index (χ0v) is 11.1. The number of hydrogen-bond acceptors (Lipinski definition) is 0. The number of rotatable bonds is 0. The topological polar surface area (TPSA) is 0 Å². The quantitative estimate of drug-likeness (QED) is 0.495. The second kappa shape index (κ2) is 5.53.